The van der Waals surface area contributed by atoms with Gasteiger partial charge in [-0.15, -0.1) is 0 Å². The van der Waals surface area contributed by atoms with Gasteiger partial charge in [0.05, 0.1) is 0 Å². The topological polar surface area (TPSA) is 32.3 Å². The average Bonchev–Trinajstić information content (AvgIpc) is 2.29. The smallest absolute Gasteiger partial charge is 0.0485 e. The van der Waals surface area contributed by atoms with Gasteiger partial charge in [-0.3, -0.25) is 0 Å². The van der Waals surface area contributed by atoms with Gasteiger partial charge < -0.3 is 10.4 Å². The van der Waals surface area contributed by atoms with Gasteiger partial charge in [0.25, 0.3) is 0 Å². The number of hydrogen-bond acceptors (Lipinski definition) is 2. The number of aliphatic hydroxyl groups is 1. The van der Waals surface area contributed by atoms with Gasteiger partial charge in [-0.25, -0.2) is 0 Å². The Hall–Kier alpha value is -0.860. The van der Waals surface area contributed by atoms with Gasteiger partial charge in [0, 0.05) is 6.61 Å². The zero-order valence-electron chi connectivity index (χ0n) is 11.3. The minimum absolute atomic E-state index is 0.0242. The van der Waals surface area contributed by atoms with Crippen LogP contribution in [0, 0.1) is 5.41 Å². The highest BCUT2D eigenvalue weighted by Crippen LogP contribution is 2.21. The summed E-state index contributed by atoms with van der Waals surface area (Å²) in [6.07, 6.45) is 3.22. The van der Waals surface area contributed by atoms with Crippen molar-refractivity contribution in [2.45, 2.75) is 33.1 Å². The molecule has 96 valence electrons. The summed E-state index contributed by atoms with van der Waals surface area (Å²) in [6.45, 7) is 5.49. The first-order valence-corrected chi connectivity index (χ1v) is 6.41. The van der Waals surface area contributed by atoms with Crippen molar-refractivity contribution in [1.82, 2.24) is 5.32 Å². The highest BCUT2D eigenvalue weighted by molar-refractivity contribution is 5.24. The molecule has 0 aliphatic rings. The molecule has 2 nitrogen and oxygen atoms in total. The Morgan fingerprint density at radius 3 is 2.59 bits per heavy atom. The van der Waals surface area contributed by atoms with E-state index in [0.717, 1.165) is 19.4 Å². The summed E-state index contributed by atoms with van der Waals surface area (Å²) in [5, 5.41) is 12.5. The third kappa shape index (κ3) is 5.33. The molecule has 0 spiro atoms. The summed E-state index contributed by atoms with van der Waals surface area (Å²) in [6, 6.07) is 8.73. The van der Waals surface area contributed by atoms with Gasteiger partial charge in [0.1, 0.15) is 0 Å². The SMILES string of the molecule is CNCCCc1cccc(CC(C)(C)CO)c1. The summed E-state index contributed by atoms with van der Waals surface area (Å²) in [4.78, 5) is 0. The van der Waals surface area contributed by atoms with Crippen molar-refractivity contribution in [2.24, 2.45) is 5.41 Å². The van der Waals surface area contributed by atoms with Gasteiger partial charge in [-0.2, -0.15) is 0 Å². The normalized spacial score (nSPS) is 11.8. The maximum absolute atomic E-state index is 9.29. The van der Waals surface area contributed by atoms with Crippen LogP contribution in [-0.4, -0.2) is 25.3 Å². The van der Waals surface area contributed by atoms with Gasteiger partial charge in [-0.05, 0) is 49.4 Å². The van der Waals surface area contributed by atoms with Gasteiger partial charge in [0.15, 0.2) is 0 Å². The molecular formula is C15H25NO. The predicted octanol–water partition coefficient (Wildman–Crippen LogP) is 2.40. The lowest BCUT2D eigenvalue weighted by molar-refractivity contribution is 0.159. The number of rotatable bonds is 7. The van der Waals surface area contributed by atoms with Crippen LogP contribution in [0.2, 0.25) is 0 Å². The fraction of sp³-hybridized carbons (Fsp3) is 0.600. The zero-order chi connectivity index (χ0) is 12.7. The molecule has 0 aliphatic carbocycles. The highest BCUT2D eigenvalue weighted by atomic mass is 16.3. The molecule has 1 aromatic rings. The predicted molar refractivity (Wildman–Crippen MR) is 73.3 cm³/mol. The van der Waals surface area contributed by atoms with Gasteiger partial charge >= 0.3 is 0 Å². The molecule has 0 atom stereocenters. The van der Waals surface area contributed by atoms with Crippen molar-refractivity contribution in [3.05, 3.63) is 35.4 Å². The monoisotopic (exact) mass is 235 g/mol. The molecule has 0 saturated heterocycles. The Kier molecular flexibility index (Phi) is 5.66. The number of aryl methyl sites for hydroxylation is 1. The lowest BCUT2D eigenvalue weighted by Crippen LogP contribution is -2.19. The van der Waals surface area contributed by atoms with Crippen molar-refractivity contribution >= 4 is 0 Å². The highest BCUT2D eigenvalue weighted by Gasteiger charge is 2.16. The molecule has 0 aliphatic heterocycles. The second kappa shape index (κ2) is 6.77. The summed E-state index contributed by atoms with van der Waals surface area (Å²) >= 11 is 0. The number of benzene rings is 1. The van der Waals surface area contributed by atoms with Crippen molar-refractivity contribution in [3.63, 3.8) is 0 Å². The maximum Gasteiger partial charge on any atom is 0.0485 e. The minimum Gasteiger partial charge on any atom is -0.396 e. The maximum atomic E-state index is 9.29. The van der Waals surface area contributed by atoms with E-state index in [4.69, 9.17) is 0 Å². The number of nitrogens with one attached hydrogen (secondary N) is 1. The third-order valence-electron chi connectivity index (χ3n) is 2.99. The summed E-state index contributed by atoms with van der Waals surface area (Å²) in [7, 11) is 1.99. The molecule has 2 heteroatoms. The first-order chi connectivity index (χ1) is 8.07. The molecule has 0 bridgehead atoms. The molecule has 2 N–H and O–H groups in total. The molecular weight excluding hydrogens is 210 g/mol. The lowest BCUT2D eigenvalue weighted by Gasteiger charge is -2.21. The molecule has 1 rings (SSSR count). The Morgan fingerprint density at radius 2 is 1.94 bits per heavy atom. The first-order valence-electron chi connectivity index (χ1n) is 6.41. The van der Waals surface area contributed by atoms with Crippen molar-refractivity contribution in [1.29, 1.82) is 0 Å². The van der Waals surface area contributed by atoms with Crippen LogP contribution in [0.15, 0.2) is 24.3 Å². The molecule has 0 radical (unpaired) electrons. The molecule has 17 heavy (non-hydrogen) atoms. The fourth-order valence-electron chi connectivity index (χ4n) is 1.97. The third-order valence-corrected chi connectivity index (χ3v) is 2.99. The van der Waals surface area contributed by atoms with E-state index in [1.165, 1.54) is 17.5 Å². The number of hydrogen-bond donors (Lipinski definition) is 2. The molecule has 0 aromatic heterocycles. The van der Waals surface area contributed by atoms with E-state index in [1.54, 1.807) is 0 Å². The van der Waals surface area contributed by atoms with E-state index >= 15 is 0 Å². The van der Waals surface area contributed by atoms with Crippen LogP contribution in [-0.2, 0) is 12.8 Å². The largest absolute Gasteiger partial charge is 0.396 e. The fourth-order valence-corrected chi connectivity index (χ4v) is 1.97. The van der Waals surface area contributed by atoms with E-state index in [2.05, 4.69) is 43.4 Å². The van der Waals surface area contributed by atoms with Crippen LogP contribution < -0.4 is 5.32 Å². The van der Waals surface area contributed by atoms with Gasteiger partial charge in [-0.1, -0.05) is 38.1 Å². The summed E-state index contributed by atoms with van der Waals surface area (Å²) in [5.41, 5.74) is 2.70. The summed E-state index contributed by atoms with van der Waals surface area (Å²) in [5.74, 6) is 0. The van der Waals surface area contributed by atoms with Crippen LogP contribution in [0.5, 0.6) is 0 Å². The quantitative estimate of drug-likeness (QED) is 0.711. The number of aliphatic hydroxyl groups excluding tert-OH is 1. The molecule has 0 saturated carbocycles. The van der Waals surface area contributed by atoms with E-state index in [1.807, 2.05) is 7.05 Å². The van der Waals surface area contributed by atoms with Crippen LogP contribution in [0.4, 0.5) is 0 Å². The van der Waals surface area contributed by atoms with E-state index in [-0.39, 0.29) is 12.0 Å². The van der Waals surface area contributed by atoms with Gasteiger partial charge in [0.2, 0.25) is 0 Å². The van der Waals surface area contributed by atoms with Crippen molar-refractivity contribution in [3.8, 4) is 0 Å². The van der Waals surface area contributed by atoms with Crippen LogP contribution in [0.25, 0.3) is 0 Å². The Morgan fingerprint density at radius 1 is 1.24 bits per heavy atom. The van der Waals surface area contributed by atoms with Crippen molar-refractivity contribution in [2.75, 3.05) is 20.2 Å². The second-order valence-corrected chi connectivity index (χ2v) is 5.53. The van der Waals surface area contributed by atoms with Crippen molar-refractivity contribution < 1.29 is 5.11 Å². The average molecular weight is 235 g/mol. The molecule has 0 unspecified atom stereocenters. The lowest BCUT2D eigenvalue weighted by atomic mass is 9.86. The Labute approximate surface area is 105 Å². The first kappa shape index (κ1) is 14.2. The Balaban J connectivity index is 2.59. The molecule has 1 aromatic carbocycles. The van der Waals surface area contributed by atoms with E-state index < -0.39 is 0 Å². The van der Waals surface area contributed by atoms with Crippen LogP contribution >= 0.6 is 0 Å². The second-order valence-electron chi connectivity index (χ2n) is 5.53. The van der Waals surface area contributed by atoms with E-state index in [0.29, 0.717) is 0 Å². The molecule has 0 amide bonds. The van der Waals surface area contributed by atoms with Crippen LogP contribution in [0.3, 0.4) is 0 Å². The summed E-state index contributed by atoms with van der Waals surface area (Å²) < 4.78 is 0. The van der Waals surface area contributed by atoms with E-state index in [9.17, 15) is 5.11 Å². The van der Waals surface area contributed by atoms with Crippen LogP contribution in [0.1, 0.15) is 31.4 Å². The standard InChI is InChI=1S/C15H25NO/c1-15(2,12-17)11-14-7-4-6-13(10-14)8-5-9-16-3/h4,6-7,10,16-17H,5,8-9,11-12H2,1-3H3. The zero-order valence-corrected chi connectivity index (χ0v) is 11.3. The molecule has 0 heterocycles. The molecule has 0 fully saturated rings. The Bertz CT molecular complexity index is 333. The minimum atomic E-state index is -0.0242.